The molecule has 0 atom stereocenters. The normalized spacial score (nSPS) is 11.3. The molecule has 2 aromatic carbocycles. The van der Waals surface area contributed by atoms with E-state index in [4.69, 9.17) is 0 Å². The minimum atomic E-state index is -0.203. The van der Waals surface area contributed by atoms with E-state index >= 15 is 0 Å². The van der Waals surface area contributed by atoms with Gasteiger partial charge in [-0.25, -0.2) is 9.78 Å². The molecule has 0 spiro atoms. The maximum atomic E-state index is 12.7. The molecule has 0 radical (unpaired) electrons. The molecule has 160 valence electrons. The number of nitrogens with zero attached hydrogens (tertiary/aromatic N) is 2. The van der Waals surface area contributed by atoms with E-state index < -0.39 is 0 Å². The number of fused-ring (bicyclic) bond motifs is 2. The van der Waals surface area contributed by atoms with E-state index in [1.54, 1.807) is 19.3 Å². The molecule has 0 aliphatic heterocycles. The van der Waals surface area contributed by atoms with Crippen molar-refractivity contribution in [3.63, 3.8) is 0 Å². The molecule has 3 N–H and O–H groups in total. The molecule has 7 heteroatoms. The van der Waals surface area contributed by atoms with E-state index in [2.05, 4.69) is 32.4 Å². The number of imidazole rings is 1. The van der Waals surface area contributed by atoms with E-state index in [1.165, 1.54) is 15.5 Å². The van der Waals surface area contributed by atoms with Crippen molar-refractivity contribution in [2.45, 2.75) is 12.8 Å². The van der Waals surface area contributed by atoms with Crippen LogP contribution in [-0.2, 0) is 13.5 Å². The highest BCUT2D eigenvalue weighted by Crippen LogP contribution is 2.23. The molecule has 1 amide bonds. The summed E-state index contributed by atoms with van der Waals surface area (Å²) in [7, 11) is 1.70. The van der Waals surface area contributed by atoms with E-state index in [0.29, 0.717) is 17.8 Å². The first-order valence-corrected chi connectivity index (χ1v) is 10.6. The fourth-order valence-corrected chi connectivity index (χ4v) is 4.02. The van der Waals surface area contributed by atoms with Crippen molar-refractivity contribution in [1.29, 1.82) is 0 Å². The van der Waals surface area contributed by atoms with Crippen molar-refractivity contribution < 1.29 is 4.79 Å². The summed E-state index contributed by atoms with van der Waals surface area (Å²) in [5.41, 5.74) is 5.78. The second-order valence-electron chi connectivity index (χ2n) is 7.88. The molecule has 0 saturated carbocycles. The third kappa shape index (κ3) is 3.69. The number of carbonyl (C=O) groups excluding carboxylic acids is 1. The van der Waals surface area contributed by atoms with E-state index in [-0.39, 0.29) is 11.6 Å². The minimum Gasteiger partial charge on any atom is -0.361 e. The number of para-hydroxylation sites is 1. The maximum absolute atomic E-state index is 12.7. The van der Waals surface area contributed by atoms with Crippen molar-refractivity contribution >= 4 is 28.0 Å². The van der Waals surface area contributed by atoms with Gasteiger partial charge in [0.15, 0.2) is 5.65 Å². The first kappa shape index (κ1) is 19.8. The van der Waals surface area contributed by atoms with Crippen LogP contribution in [0.3, 0.4) is 0 Å². The molecule has 0 bridgehead atoms. The quantitative estimate of drug-likeness (QED) is 0.361. The fraction of sp³-hybridized carbons (Fsp3) is 0.160. The highest BCUT2D eigenvalue weighted by atomic mass is 16.2. The monoisotopic (exact) mass is 425 g/mol. The van der Waals surface area contributed by atoms with Gasteiger partial charge < -0.3 is 10.3 Å². The summed E-state index contributed by atoms with van der Waals surface area (Å²) in [6, 6.07) is 17.6. The Morgan fingerprint density at radius 3 is 2.88 bits per heavy atom. The molecule has 32 heavy (non-hydrogen) atoms. The van der Waals surface area contributed by atoms with Gasteiger partial charge in [0.1, 0.15) is 0 Å². The number of hydrogen-bond acceptors (Lipinski definition) is 3. The van der Waals surface area contributed by atoms with Crippen LogP contribution < -0.4 is 11.0 Å². The van der Waals surface area contributed by atoms with Gasteiger partial charge >= 0.3 is 5.69 Å². The van der Waals surface area contributed by atoms with E-state index in [9.17, 15) is 9.59 Å². The molecule has 7 nitrogen and oxygen atoms in total. The lowest BCUT2D eigenvalue weighted by molar-refractivity contribution is 0.0953. The summed E-state index contributed by atoms with van der Waals surface area (Å²) >= 11 is 0. The van der Waals surface area contributed by atoms with Crippen LogP contribution in [0.15, 0.2) is 71.8 Å². The van der Waals surface area contributed by atoms with Crippen LogP contribution in [0.5, 0.6) is 0 Å². The molecule has 5 rings (SSSR count). The summed E-state index contributed by atoms with van der Waals surface area (Å²) < 4.78 is 1.52. The molecule has 3 aromatic heterocycles. The van der Waals surface area contributed by atoms with Crippen LogP contribution in [-0.4, -0.2) is 32.0 Å². The lowest BCUT2D eigenvalue weighted by Gasteiger charge is -2.08. The first-order valence-electron chi connectivity index (χ1n) is 10.6. The Morgan fingerprint density at radius 1 is 1.09 bits per heavy atom. The Morgan fingerprint density at radius 2 is 1.97 bits per heavy atom. The van der Waals surface area contributed by atoms with Crippen molar-refractivity contribution in [2.75, 3.05) is 6.54 Å². The Balaban J connectivity index is 1.25. The number of amides is 1. The topological polar surface area (TPSA) is 95.6 Å². The lowest BCUT2D eigenvalue weighted by Crippen LogP contribution is -2.24. The van der Waals surface area contributed by atoms with Crippen LogP contribution in [0, 0.1) is 0 Å². The van der Waals surface area contributed by atoms with Crippen LogP contribution in [0.4, 0.5) is 0 Å². The molecule has 3 heterocycles. The zero-order valence-electron chi connectivity index (χ0n) is 17.7. The van der Waals surface area contributed by atoms with Gasteiger partial charge in [0.25, 0.3) is 5.91 Å². The third-order valence-electron chi connectivity index (χ3n) is 5.80. The first-order chi connectivity index (χ1) is 15.6. The summed E-state index contributed by atoms with van der Waals surface area (Å²) in [4.78, 5) is 34.8. The van der Waals surface area contributed by atoms with Gasteiger partial charge in [-0.15, -0.1) is 0 Å². The zero-order valence-corrected chi connectivity index (χ0v) is 17.7. The number of aromatic amines is 2. The van der Waals surface area contributed by atoms with E-state index in [0.717, 1.165) is 35.0 Å². The number of carbonyl (C=O) groups is 1. The van der Waals surface area contributed by atoms with Crippen molar-refractivity contribution in [1.82, 2.24) is 24.8 Å². The highest BCUT2D eigenvalue weighted by molar-refractivity contribution is 5.95. The fourth-order valence-electron chi connectivity index (χ4n) is 4.02. The number of benzene rings is 2. The van der Waals surface area contributed by atoms with Crippen LogP contribution >= 0.6 is 0 Å². The number of aryl methyl sites for hydroxylation is 2. The summed E-state index contributed by atoms with van der Waals surface area (Å²) in [6.45, 7) is 0.599. The number of hydrogen-bond donors (Lipinski definition) is 3. The Labute approximate surface area is 184 Å². The van der Waals surface area contributed by atoms with Crippen LogP contribution in [0.2, 0.25) is 0 Å². The average Bonchev–Trinajstić information content (AvgIpc) is 3.37. The summed E-state index contributed by atoms with van der Waals surface area (Å²) in [5, 5.41) is 4.25. The molecule has 0 aliphatic rings. The van der Waals surface area contributed by atoms with Gasteiger partial charge in [-0.3, -0.25) is 14.3 Å². The largest absolute Gasteiger partial charge is 0.361 e. The number of nitrogens with one attached hydrogen (secondary N) is 3. The average molecular weight is 425 g/mol. The molecular weight excluding hydrogens is 402 g/mol. The van der Waals surface area contributed by atoms with Gasteiger partial charge in [0, 0.05) is 48.0 Å². The molecular formula is C25H23N5O2. The number of pyridine rings is 1. The van der Waals surface area contributed by atoms with Gasteiger partial charge in [-0.1, -0.05) is 30.3 Å². The molecule has 0 saturated heterocycles. The van der Waals surface area contributed by atoms with Crippen molar-refractivity contribution in [2.24, 2.45) is 7.05 Å². The smallest absolute Gasteiger partial charge is 0.327 e. The van der Waals surface area contributed by atoms with Gasteiger partial charge in [-0.05, 0) is 48.2 Å². The number of H-pyrrole nitrogens is 2. The molecule has 0 unspecified atom stereocenters. The van der Waals surface area contributed by atoms with Crippen molar-refractivity contribution in [3.05, 3.63) is 88.6 Å². The highest BCUT2D eigenvalue weighted by Gasteiger charge is 2.10. The minimum absolute atomic E-state index is 0.103. The standard InChI is InChI=1S/C25H23N5O2/c1-30-22-13-19(15-28-23(22)29-25(30)32)16-6-4-7-17(12-16)24(31)26-11-5-8-18-14-27-21-10-3-2-9-20(18)21/h2-4,6-7,9-10,12-15,27H,5,8,11H2,1H3,(H,26,31)(H,28,29,32). The van der Waals surface area contributed by atoms with E-state index in [1.807, 2.05) is 42.6 Å². The Kier molecular flexibility index (Phi) is 5.07. The SMILES string of the molecule is Cn1c(=O)[nH]c2ncc(-c3cccc(C(=O)NCCCc4c[nH]c5ccccc45)c3)cc21. The summed E-state index contributed by atoms with van der Waals surface area (Å²) in [6.07, 6.45) is 5.50. The lowest BCUT2D eigenvalue weighted by atomic mass is 10.0. The van der Waals surface area contributed by atoms with Gasteiger partial charge in [0.2, 0.25) is 0 Å². The van der Waals surface area contributed by atoms with Gasteiger partial charge in [0.05, 0.1) is 5.52 Å². The van der Waals surface area contributed by atoms with Gasteiger partial charge in [-0.2, -0.15) is 0 Å². The summed E-state index contributed by atoms with van der Waals surface area (Å²) in [5.74, 6) is -0.103. The molecule has 5 aromatic rings. The second-order valence-corrected chi connectivity index (χ2v) is 7.88. The van der Waals surface area contributed by atoms with Crippen molar-refractivity contribution in [3.8, 4) is 11.1 Å². The molecule has 0 aliphatic carbocycles. The number of rotatable bonds is 6. The Hall–Kier alpha value is -4.13. The number of aromatic nitrogens is 4. The molecule has 0 fully saturated rings. The predicted octanol–water partition coefficient (Wildman–Crippen LogP) is 3.77. The predicted molar refractivity (Wildman–Crippen MR) is 126 cm³/mol. The Bertz CT molecular complexity index is 1490. The zero-order chi connectivity index (χ0) is 22.1. The maximum Gasteiger partial charge on any atom is 0.327 e. The van der Waals surface area contributed by atoms with Crippen LogP contribution in [0.25, 0.3) is 33.2 Å². The second kappa shape index (κ2) is 8.19. The third-order valence-corrected chi connectivity index (χ3v) is 5.80. The van der Waals surface area contributed by atoms with Crippen LogP contribution in [0.1, 0.15) is 22.3 Å².